The van der Waals surface area contributed by atoms with Crippen LogP contribution in [0, 0.1) is 5.41 Å². The van der Waals surface area contributed by atoms with Crippen molar-refractivity contribution in [3.05, 3.63) is 30.3 Å². The van der Waals surface area contributed by atoms with E-state index in [0.29, 0.717) is 0 Å². The molecule has 84 valence electrons. The summed E-state index contributed by atoms with van der Waals surface area (Å²) < 4.78 is 0. The predicted octanol–water partition coefficient (Wildman–Crippen LogP) is 3.47. The van der Waals surface area contributed by atoms with E-state index < -0.39 is 0 Å². The van der Waals surface area contributed by atoms with E-state index in [-0.39, 0.29) is 5.41 Å². The van der Waals surface area contributed by atoms with Crippen LogP contribution in [0.2, 0.25) is 0 Å². The lowest BCUT2D eigenvalue weighted by Gasteiger charge is -2.32. The van der Waals surface area contributed by atoms with Gasteiger partial charge in [0.1, 0.15) is 0 Å². The van der Waals surface area contributed by atoms with Crippen LogP contribution in [0.3, 0.4) is 0 Å². The minimum atomic E-state index is 0.259. The summed E-state index contributed by atoms with van der Waals surface area (Å²) >= 11 is 4.40. The molecule has 0 heterocycles. The lowest BCUT2D eigenvalue weighted by atomic mass is 9.95. The van der Waals surface area contributed by atoms with Gasteiger partial charge in [0.15, 0.2) is 0 Å². The van der Waals surface area contributed by atoms with Crippen LogP contribution >= 0.6 is 12.6 Å². The first-order chi connectivity index (χ1) is 7.09. The van der Waals surface area contributed by atoms with Crippen molar-refractivity contribution in [3.63, 3.8) is 0 Å². The van der Waals surface area contributed by atoms with Crippen LogP contribution in [0.4, 0.5) is 5.69 Å². The summed E-state index contributed by atoms with van der Waals surface area (Å²) in [7, 11) is 0. The maximum atomic E-state index is 4.40. The molecule has 0 aliphatic carbocycles. The zero-order valence-corrected chi connectivity index (χ0v) is 10.8. The molecule has 1 nitrogen and oxygen atoms in total. The number of benzene rings is 1. The van der Waals surface area contributed by atoms with E-state index in [0.717, 1.165) is 18.8 Å². The Morgan fingerprint density at radius 1 is 1.20 bits per heavy atom. The summed E-state index contributed by atoms with van der Waals surface area (Å²) in [6.07, 6.45) is 0. The Bertz CT molecular complexity index is 282. The molecule has 0 aromatic heterocycles. The van der Waals surface area contributed by atoms with Crippen LogP contribution in [0.5, 0.6) is 0 Å². The topological polar surface area (TPSA) is 3.24 Å². The van der Waals surface area contributed by atoms with E-state index in [1.165, 1.54) is 5.69 Å². The zero-order valence-electron chi connectivity index (χ0n) is 9.90. The number of anilines is 1. The van der Waals surface area contributed by atoms with Crippen LogP contribution in [0.25, 0.3) is 0 Å². The summed E-state index contributed by atoms with van der Waals surface area (Å²) in [5.74, 6) is 0.913. The fraction of sp³-hybridized carbons (Fsp3) is 0.538. The maximum absolute atomic E-state index is 4.40. The molecular weight excluding hydrogens is 202 g/mol. The molecule has 0 aliphatic rings. The van der Waals surface area contributed by atoms with Gasteiger partial charge in [0.05, 0.1) is 0 Å². The van der Waals surface area contributed by atoms with Gasteiger partial charge in [-0.25, -0.2) is 0 Å². The predicted molar refractivity (Wildman–Crippen MR) is 72.0 cm³/mol. The van der Waals surface area contributed by atoms with Crippen molar-refractivity contribution < 1.29 is 0 Å². The third-order valence-corrected chi connectivity index (χ3v) is 3.41. The largest absolute Gasteiger partial charge is 0.371 e. The Labute approximate surface area is 98.9 Å². The monoisotopic (exact) mass is 223 g/mol. The van der Waals surface area contributed by atoms with E-state index in [9.17, 15) is 0 Å². The molecule has 1 aromatic rings. The molecular formula is C13H21NS. The molecule has 1 aromatic carbocycles. The molecule has 0 saturated heterocycles. The van der Waals surface area contributed by atoms with Crippen molar-refractivity contribution in [1.82, 2.24) is 0 Å². The van der Waals surface area contributed by atoms with Gasteiger partial charge in [-0.05, 0) is 30.2 Å². The molecule has 0 N–H and O–H groups in total. The maximum Gasteiger partial charge on any atom is 0.0366 e. The summed E-state index contributed by atoms with van der Waals surface area (Å²) in [5.41, 5.74) is 1.56. The quantitative estimate of drug-likeness (QED) is 0.748. The summed E-state index contributed by atoms with van der Waals surface area (Å²) in [4.78, 5) is 2.40. The molecule has 0 saturated carbocycles. The molecule has 0 bridgehead atoms. The first-order valence-corrected chi connectivity index (χ1v) is 6.13. The molecule has 1 rings (SSSR count). The van der Waals surface area contributed by atoms with Gasteiger partial charge >= 0.3 is 0 Å². The van der Waals surface area contributed by atoms with E-state index >= 15 is 0 Å². The van der Waals surface area contributed by atoms with Crippen LogP contribution in [-0.2, 0) is 0 Å². The average molecular weight is 223 g/mol. The Kier molecular flexibility index (Phi) is 4.52. The van der Waals surface area contributed by atoms with Crippen molar-refractivity contribution in [2.45, 2.75) is 20.8 Å². The summed E-state index contributed by atoms with van der Waals surface area (Å²) in [6, 6.07) is 10.6. The Balaban J connectivity index is 2.73. The first kappa shape index (κ1) is 12.4. The van der Waals surface area contributed by atoms with Crippen molar-refractivity contribution in [3.8, 4) is 0 Å². The molecule has 0 unspecified atom stereocenters. The van der Waals surface area contributed by atoms with Crippen molar-refractivity contribution in [1.29, 1.82) is 0 Å². The normalized spacial score (nSPS) is 11.5. The highest BCUT2D eigenvalue weighted by atomic mass is 32.1. The summed E-state index contributed by atoms with van der Waals surface area (Å²) in [5, 5.41) is 0. The van der Waals surface area contributed by atoms with Gasteiger partial charge < -0.3 is 4.90 Å². The van der Waals surface area contributed by atoms with Crippen LogP contribution in [0.1, 0.15) is 20.8 Å². The van der Waals surface area contributed by atoms with Gasteiger partial charge in [0, 0.05) is 18.8 Å². The van der Waals surface area contributed by atoms with Gasteiger partial charge in [-0.15, -0.1) is 0 Å². The van der Waals surface area contributed by atoms with E-state index in [1.807, 2.05) is 0 Å². The second-order valence-corrected chi connectivity index (χ2v) is 4.99. The van der Waals surface area contributed by atoms with Gasteiger partial charge in [0.2, 0.25) is 0 Å². The minimum absolute atomic E-state index is 0.259. The lowest BCUT2D eigenvalue weighted by Crippen LogP contribution is -2.35. The Morgan fingerprint density at radius 3 is 2.27 bits per heavy atom. The van der Waals surface area contributed by atoms with Crippen LogP contribution < -0.4 is 4.90 Å². The fourth-order valence-corrected chi connectivity index (χ4v) is 1.69. The van der Waals surface area contributed by atoms with E-state index in [1.54, 1.807) is 0 Å². The number of nitrogens with zero attached hydrogens (tertiary/aromatic N) is 1. The number of rotatable bonds is 5. The molecule has 0 atom stereocenters. The van der Waals surface area contributed by atoms with Crippen molar-refractivity contribution in [2.24, 2.45) is 5.41 Å². The van der Waals surface area contributed by atoms with E-state index in [4.69, 9.17) is 0 Å². The van der Waals surface area contributed by atoms with Gasteiger partial charge in [0.25, 0.3) is 0 Å². The summed E-state index contributed by atoms with van der Waals surface area (Å²) in [6.45, 7) is 8.80. The van der Waals surface area contributed by atoms with Crippen molar-refractivity contribution >= 4 is 18.3 Å². The third-order valence-electron chi connectivity index (χ3n) is 2.55. The number of thiol groups is 1. The zero-order chi connectivity index (χ0) is 11.3. The number of hydrogen-bond acceptors (Lipinski definition) is 2. The highest BCUT2D eigenvalue weighted by Crippen LogP contribution is 2.22. The molecule has 15 heavy (non-hydrogen) atoms. The molecule has 0 aliphatic heterocycles. The Hall–Kier alpha value is -0.630. The highest BCUT2D eigenvalue weighted by Gasteiger charge is 2.19. The number of hydrogen-bond donors (Lipinski definition) is 1. The molecule has 0 spiro atoms. The smallest absolute Gasteiger partial charge is 0.0366 e. The average Bonchev–Trinajstić information content (AvgIpc) is 2.27. The second kappa shape index (κ2) is 5.45. The van der Waals surface area contributed by atoms with Gasteiger partial charge in [-0.2, -0.15) is 12.6 Å². The number of para-hydroxylation sites is 1. The van der Waals surface area contributed by atoms with Crippen LogP contribution in [0.15, 0.2) is 30.3 Å². The minimum Gasteiger partial charge on any atom is -0.371 e. The lowest BCUT2D eigenvalue weighted by molar-refractivity contribution is 0.423. The van der Waals surface area contributed by atoms with E-state index in [2.05, 4.69) is 68.6 Å². The van der Waals surface area contributed by atoms with Crippen molar-refractivity contribution in [2.75, 3.05) is 23.7 Å². The second-order valence-electron chi connectivity index (χ2n) is 4.67. The van der Waals surface area contributed by atoms with Gasteiger partial charge in [-0.3, -0.25) is 0 Å². The standard InChI is InChI=1S/C13H21NS/c1-4-14(10-13(2,3)11-15)12-8-6-5-7-9-12/h5-9,15H,4,10-11H2,1-3H3. The molecule has 0 amide bonds. The van der Waals surface area contributed by atoms with Gasteiger partial charge in [-0.1, -0.05) is 32.0 Å². The Morgan fingerprint density at radius 2 is 1.80 bits per heavy atom. The SMILES string of the molecule is CCN(CC(C)(C)CS)c1ccccc1. The fourth-order valence-electron chi connectivity index (χ4n) is 1.59. The third kappa shape index (κ3) is 3.78. The first-order valence-electron chi connectivity index (χ1n) is 5.50. The molecule has 2 heteroatoms. The molecule has 0 fully saturated rings. The van der Waals surface area contributed by atoms with Crippen LogP contribution in [-0.4, -0.2) is 18.8 Å². The molecule has 0 radical (unpaired) electrons. The highest BCUT2D eigenvalue weighted by molar-refractivity contribution is 7.80.